The summed E-state index contributed by atoms with van der Waals surface area (Å²) in [5.41, 5.74) is 6.75. The van der Waals surface area contributed by atoms with E-state index in [0.29, 0.717) is 36.3 Å². The Morgan fingerprint density at radius 3 is 2.41 bits per heavy atom. The predicted octanol–water partition coefficient (Wildman–Crippen LogP) is 2.76. The van der Waals surface area contributed by atoms with Gasteiger partial charge in [-0.15, -0.1) is 0 Å². The van der Waals surface area contributed by atoms with Gasteiger partial charge in [-0.25, -0.2) is 24.4 Å². The third-order valence-electron chi connectivity index (χ3n) is 7.16. The molecule has 3 N–H and O–H groups in total. The van der Waals surface area contributed by atoms with Gasteiger partial charge in [0.15, 0.2) is 0 Å². The van der Waals surface area contributed by atoms with Crippen molar-refractivity contribution >= 4 is 27.3 Å². The van der Waals surface area contributed by atoms with Crippen LogP contribution in [0.15, 0.2) is 34.9 Å². The van der Waals surface area contributed by atoms with E-state index >= 15 is 0 Å². The van der Waals surface area contributed by atoms with Crippen molar-refractivity contribution in [2.75, 3.05) is 53.8 Å². The topological polar surface area (TPSA) is 140 Å². The summed E-state index contributed by atoms with van der Waals surface area (Å²) in [5, 5.41) is 5.44. The van der Waals surface area contributed by atoms with E-state index < -0.39 is 9.84 Å². The van der Waals surface area contributed by atoms with Gasteiger partial charge in [-0.2, -0.15) is 4.98 Å². The molecule has 1 aromatic carbocycles. The van der Waals surface area contributed by atoms with Gasteiger partial charge in [0.25, 0.3) is 0 Å². The molecular weight excluding hydrogens is 494 g/mol. The summed E-state index contributed by atoms with van der Waals surface area (Å²) >= 11 is 0. The summed E-state index contributed by atoms with van der Waals surface area (Å²) in [6, 6.07) is 9.61. The van der Waals surface area contributed by atoms with Crippen molar-refractivity contribution in [1.82, 2.24) is 15.1 Å². The number of benzene rings is 1. The van der Waals surface area contributed by atoms with Crippen LogP contribution < -0.4 is 21.3 Å². The fourth-order valence-electron chi connectivity index (χ4n) is 5.19. The molecule has 2 fully saturated rings. The lowest BCUT2D eigenvalue weighted by Crippen LogP contribution is -2.41. The summed E-state index contributed by atoms with van der Waals surface area (Å²) in [5.74, 6) is 8.30. The van der Waals surface area contributed by atoms with Gasteiger partial charge in [0, 0.05) is 30.8 Å². The van der Waals surface area contributed by atoms with Crippen LogP contribution in [0.1, 0.15) is 36.3 Å². The minimum atomic E-state index is -3.09. The van der Waals surface area contributed by atoms with Crippen LogP contribution in [0.5, 0.6) is 0 Å². The van der Waals surface area contributed by atoms with E-state index in [0.717, 1.165) is 55.0 Å². The number of anilines is 3. The molecule has 5 rings (SSSR count). The molecule has 1 aliphatic heterocycles. The summed E-state index contributed by atoms with van der Waals surface area (Å²) in [4.78, 5) is 11.6. The molecule has 11 nitrogen and oxygen atoms in total. The lowest BCUT2D eigenvalue weighted by molar-refractivity contribution is 0.122. The molecule has 1 saturated heterocycles. The van der Waals surface area contributed by atoms with Crippen molar-refractivity contribution in [3.05, 3.63) is 47.3 Å². The zero-order chi connectivity index (χ0) is 26.2. The highest BCUT2D eigenvalue weighted by Gasteiger charge is 2.41. The quantitative estimate of drug-likeness (QED) is 0.330. The summed E-state index contributed by atoms with van der Waals surface area (Å²) in [7, 11) is -3.09. The fraction of sp³-hybridized carbons (Fsp3) is 0.480. The van der Waals surface area contributed by atoms with E-state index in [1.165, 1.54) is 11.4 Å². The Hall–Kier alpha value is -3.22. The van der Waals surface area contributed by atoms with Crippen molar-refractivity contribution in [2.45, 2.75) is 38.5 Å². The Kier molecular flexibility index (Phi) is 6.82. The molecule has 0 amide bonds. The number of morpholine rings is 1. The van der Waals surface area contributed by atoms with E-state index in [1.54, 1.807) is 0 Å². The minimum Gasteiger partial charge on any atom is -0.378 e. The summed E-state index contributed by atoms with van der Waals surface area (Å²) in [6.07, 6.45) is 4.08. The first-order valence-electron chi connectivity index (χ1n) is 12.4. The molecule has 0 unspecified atom stereocenters. The monoisotopic (exact) mass is 527 g/mol. The van der Waals surface area contributed by atoms with Gasteiger partial charge in [-0.1, -0.05) is 23.7 Å². The zero-order valence-electron chi connectivity index (χ0n) is 21.4. The van der Waals surface area contributed by atoms with Gasteiger partial charge in [-0.05, 0) is 44.4 Å². The lowest BCUT2D eigenvalue weighted by Gasteiger charge is -2.42. The second kappa shape index (κ2) is 9.92. The standard InChI is InChI=1S/C25H33N7O4S/c1-17-23(18(2)36-30-17)21-15-22(31-11-13-35-14-12-31)28-24(27-21)29-32(26)20-7-5-19(6-8-20)25(9-4-10-25)16-37(3,33)34/h5-8,15H,4,9-14,16,26H2,1-3H3,(H,27,28,29). The Balaban J connectivity index is 1.41. The number of rotatable bonds is 8. The van der Waals surface area contributed by atoms with Crippen LogP contribution in [0.25, 0.3) is 11.3 Å². The molecule has 2 aromatic heterocycles. The van der Waals surface area contributed by atoms with E-state index in [4.69, 9.17) is 25.1 Å². The molecule has 37 heavy (non-hydrogen) atoms. The van der Waals surface area contributed by atoms with E-state index in [9.17, 15) is 8.42 Å². The van der Waals surface area contributed by atoms with Crippen LogP contribution >= 0.6 is 0 Å². The maximum atomic E-state index is 12.0. The molecule has 198 valence electrons. The third-order valence-corrected chi connectivity index (χ3v) is 8.24. The fourth-order valence-corrected chi connectivity index (χ4v) is 6.64. The number of sulfone groups is 1. The highest BCUT2D eigenvalue weighted by Crippen LogP contribution is 2.45. The summed E-state index contributed by atoms with van der Waals surface area (Å²) < 4.78 is 34.9. The second-order valence-corrected chi connectivity index (χ2v) is 12.1. The Labute approximate surface area is 216 Å². The number of hydrogen-bond donors (Lipinski definition) is 2. The highest BCUT2D eigenvalue weighted by atomic mass is 32.2. The van der Waals surface area contributed by atoms with E-state index in [1.807, 2.05) is 44.2 Å². The van der Waals surface area contributed by atoms with Crippen molar-refractivity contribution in [1.29, 1.82) is 0 Å². The molecule has 1 aliphatic carbocycles. The van der Waals surface area contributed by atoms with Crippen LogP contribution in [0.3, 0.4) is 0 Å². The molecule has 0 atom stereocenters. The van der Waals surface area contributed by atoms with Crippen molar-refractivity contribution in [2.24, 2.45) is 5.84 Å². The van der Waals surface area contributed by atoms with Crippen LogP contribution in [0.4, 0.5) is 17.5 Å². The Bertz CT molecular complexity index is 1340. The third kappa shape index (κ3) is 5.41. The normalized spacial score (nSPS) is 17.4. The number of nitrogens with zero attached hydrogens (tertiary/aromatic N) is 5. The number of aryl methyl sites for hydroxylation is 2. The van der Waals surface area contributed by atoms with Crippen molar-refractivity contribution < 1.29 is 17.7 Å². The maximum absolute atomic E-state index is 12.0. The van der Waals surface area contributed by atoms with Gasteiger partial charge >= 0.3 is 0 Å². The number of nitrogens with one attached hydrogen (secondary N) is 1. The Morgan fingerprint density at radius 2 is 1.84 bits per heavy atom. The molecule has 3 heterocycles. The molecule has 0 radical (unpaired) electrons. The van der Waals surface area contributed by atoms with Crippen molar-refractivity contribution in [3.63, 3.8) is 0 Å². The number of aromatic nitrogens is 3. The predicted molar refractivity (Wildman–Crippen MR) is 142 cm³/mol. The van der Waals surface area contributed by atoms with Gasteiger partial charge in [0.05, 0.1) is 41.6 Å². The second-order valence-electron chi connectivity index (χ2n) is 9.97. The van der Waals surface area contributed by atoms with Crippen LogP contribution in [-0.4, -0.2) is 61.9 Å². The molecule has 0 spiro atoms. The number of hydrazine groups is 2. The summed E-state index contributed by atoms with van der Waals surface area (Å²) in [6.45, 7) is 6.44. The largest absolute Gasteiger partial charge is 0.378 e. The van der Waals surface area contributed by atoms with E-state index in [2.05, 4.69) is 15.5 Å². The number of ether oxygens (including phenoxy) is 1. The molecule has 0 bridgehead atoms. The first-order valence-corrected chi connectivity index (χ1v) is 14.4. The van der Waals surface area contributed by atoms with Crippen LogP contribution in [-0.2, 0) is 20.0 Å². The molecule has 2 aliphatic rings. The maximum Gasteiger partial charge on any atom is 0.245 e. The average molecular weight is 528 g/mol. The molecule has 3 aromatic rings. The van der Waals surface area contributed by atoms with Gasteiger partial charge in [0.1, 0.15) is 21.4 Å². The highest BCUT2D eigenvalue weighted by molar-refractivity contribution is 7.90. The number of nitrogens with two attached hydrogens (primary N) is 1. The SMILES string of the molecule is Cc1noc(C)c1-c1cc(N2CCOCC2)nc(NN(N)c2ccc(C3(CS(C)(=O)=O)CCC3)cc2)n1. The average Bonchev–Trinajstić information content (AvgIpc) is 3.19. The first kappa shape index (κ1) is 25.4. The smallest absolute Gasteiger partial charge is 0.245 e. The zero-order valence-corrected chi connectivity index (χ0v) is 22.2. The Morgan fingerprint density at radius 1 is 1.14 bits per heavy atom. The van der Waals surface area contributed by atoms with Crippen molar-refractivity contribution in [3.8, 4) is 11.3 Å². The lowest BCUT2D eigenvalue weighted by atomic mass is 9.66. The van der Waals surface area contributed by atoms with Gasteiger partial charge in [-0.3, -0.25) is 5.43 Å². The van der Waals surface area contributed by atoms with Crippen LogP contribution in [0, 0.1) is 13.8 Å². The molecular formula is C25H33N7O4S. The van der Waals surface area contributed by atoms with Gasteiger partial charge in [0.2, 0.25) is 5.95 Å². The number of hydrogen-bond acceptors (Lipinski definition) is 11. The minimum absolute atomic E-state index is 0.163. The van der Waals surface area contributed by atoms with Crippen LogP contribution in [0.2, 0.25) is 0 Å². The molecule has 12 heteroatoms. The molecule has 1 saturated carbocycles. The van der Waals surface area contributed by atoms with Gasteiger partial charge < -0.3 is 14.2 Å². The first-order chi connectivity index (χ1) is 17.6. The van der Waals surface area contributed by atoms with E-state index in [-0.39, 0.29) is 11.2 Å².